The Morgan fingerprint density at radius 2 is 2.32 bits per heavy atom. The zero-order valence-electron chi connectivity index (χ0n) is 10.7. The fraction of sp³-hybridized carbons (Fsp3) is 0.429. The minimum absolute atomic E-state index is 0.0191. The van der Waals surface area contributed by atoms with Crippen molar-refractivity contribution in [2.24, 2.45) is 11.0 Å². The van der Waals surface area contributed by atoms with Gasteiger partial charge in [0.25, 0.3) is 5.91 Å². The molecule has 2 heterocycles. The first-order valence-electron chi connectivity index (χ1n) is 6.40. The standard InChI is InChI=1S/C14H15ClN2O2/c1-9-3-2-4-12(14(9)15)17-13(18)7-11(16-17)10-5-6-19-8-10/h2-4,10H,5-8H2,1H3. The van der Waals surface area contributed by atoms with Gasteiger partial charge in [0, 0.05) is 12.5 Å². The number of hydrazone groups is 1. The minimum Gasteiger partial charge on any atom is -0.381 e. The molecule has 0 radical (unpaired) electrons. The molecule has 0 N–H and O–H groups in total. The van der Waals surface area contributed by atoms with Crippen molar-refractivity contribution in [3.8, 4) is 0 Å². The van der Waals surface area contributed by atoms with Gasteiger partial charge in [0.15, 0.2) is 0 Å². The van der Waals surface area contributed by atoms with E-state index in [1.165, 1.54) is 5.01 Å². The fourth-order valence-electron chi connectivity index (χ4n) is 2.46. The summed E-state index contributed by atoms with van der Waals surface area (Å²) >= 11 is 6.26. The molecule has 0 spiro atoms. The lowest BCUT2D eigenvalue weighted by molar-refractivity contribution is -0.116. The van der Waals surface area contributed by atoms with Gasteiger partial charge in [-0.15, -0.1) is 0 Å². The highest BCUT2D eigenvalue weighted by atomic mass is 35.5. The average molecular weight is 279 g/mol. The lowest BCUT2D eigenvalue weighted by Gasteiger charge is -2.14. The van der Waals surface area contributed by atoms with Gasteiger partial charge < -0.3 is 4.74 Å². The van der Waals surface area contributed by atoms with E-state index in [9.17, 15) is 4.79 Å². The summed E-state index contributed by atoms with van der Waals surface area (Å²) in [5, 5.41) is 6.48. The van der Waals surface area contributed by atoms with Gasteiger partial charge in [-0.2, -0.15) is 10.1 Å². The second-order valence-corrected chi connectivity index (χ2v) is 5.32. The van der Waals surface area contributed by atoms with Crippen molar-refractivity contribution in [2.45, 2.75) is 19.8 Å². The molecule has 5 heteroatoms. The molecule has 2 aliphatic heterocycles. The number of aryl methyl sites for hydroxylation is 1. The van der Waals surface area contributed by atoms with Gasteiger partial charge in [-0.05, 0) is 25.0 Å². The number of hydrogen-bond acceptors (Lipinski definition) is 3. The fourth-order valence-corrected chi connectivity index (χ4v) is 2.66. The molecule has 1 saturated heterocycles. The van der Waals surface area contributed by atoms with Crippen LogP contribution < -0.4 is 5.01 Å². The Balaban J connectivity index is 1.92. The van der Waals surface area contributed by atoms with Gasteiger partial charge in [0.05, 0.1) is 29.4 Å². The summed E-state index contributed by atoms with van der Waals surface area (Å²) in [6.45, 7) is 3.34. The molecule has 1 aromatic rings. The molecule has 1 fully saturated rings. The zero-order chi connectivity index (χ0) is 13.4. The molecule has 19 heavy (non-hydrogen) atoms. The van der Waals surface area contributed by atoms with Crippen LogP contribution in [0.1, 0.15) is 18.4 Å². The third kappa shape index (κ3) is 2.26. The van der Waals surface area contributed by atoms with Gasteiger partial charge >= 0.3 is 0 Å². The summed E-state index contributed by atoms with van der Waals surface area (Å²) in [5.41, 5.74) is 2.53. The number of rotatable bonds is 2. The van der Waals surface area contributed by atoms with Gasteiger partial charge in [0.2, 0.25) is 0 Å². The van der Waals surface area contributed by atoms with Crippen LogP contribution in [0.5, 0.6) is 0 Å². The number of hydrogen-bond donors (Lipinski definition) is 0. The van der Waals surface area contributed by atoms with E-state index in [2.05, 4.69) is 5.10 Å². The first kappa shape index (κ1) is 12.6. The number of carbonyl (C=O) groups is 1. The maximum absolute atomic E-state index is 12.1. The molecule has 100 valence electrons. The lowest BCUT2D eigenvalue weighted by Crippen LogP contribution is -2.20. The van der Waals surface area contributed by atoms with Crippen molar-refractivity contribution in [3.05, 3.63) is 28.8 Å². The molecule has 0 aliphatic carbocycles. The Morgan fingerprint density at radius 3 is 3.05 bits per heavy atom. The highest BCUT2D eigenvalue weighted by Crippen LogP contribution is 2.32. The van der Waals surface area contributed by atoms with Crippen molar-refractivity contribution in [1.29, 1.82) is 0 Å². The number of halogens is 1. The molecular weight excluding hydrogens is 264 g/mol. The smallest absolute Gasteiger partial charge is 0.253 e. The summed E-state index contributed by atoms with van der Waals surface area (Å²) < 4.78 is 5.35. The lowest BCUT2D eigenvalue weighted by atomic mass is 10.0. The summed E-state index contributed by atoms with van der Waals surface area (Å²) in [6, 6.07) is 5.63. The average Bonchev–Trinajstić information content (AvgIpc) is 3.02. The van der Waals surface area contributed by atoms with Crippen LogP contribution in [-0.4, -0.2) is 24.8 Å². The number of amides is 1. The third-order valence-corrected chi connectivity index (χ3v) is 4.09. The normalized spacial score (nSPS) is 23.1. The van der Waals surface area contributed by atoms with Crippen LogP contribution in [0.3, 0.4) is 0 Å². The summed E-state index contributed by atoms with van der Waals surface area (Å²) in [5.74, 6) is 0.256. The second-order valence-electron chi connectivity index (χ2n) is 4.94. The van der Waals surface area contributed by atoms with Gasteiger partial charge in [0.1, 0.15) is 0 Å². The van der Waals surface area contributed by atoms with Crippen LogP contribution in [0.25, 0.3) is 0 Å². The molecule has 1 unspecified atom stereocenters. The molecular formula is C14H15ClN2O2. The minimum atomic E-state index is -0.0191. The predicted octanol–water partition coefficient (Wildman–Crippen LogP) is 2.78. The van der Waals surface area contributed by atoms with E-state index in [-0.39, 0.29) is 11.8 Å². The quantitative estimate of drug-likeness (QED) is 0.835. The van der Waals surface area contributed by atoms with E-state index in [1.807, 2.05) is 25.1 Å². The maximum atomic E-state index is 12.1. The Morgan fingerprint density at radius 1 is 1.47 bits per heavy atom. The summed E-state index contributed by atoms with van der Waals surface area (Å²) in [4.78, 5) is 12.1. The molecule has 0 bridgehead atoms. The van der Waals surface area contributed by atoms with Crippen molar-refractivity contribution < 1.29 is 9.53 Å². The largest absolute Gasteiger partial charge is 0.381 e. The number of anilines is 1. The topological polar surface area (TPSA) is 41.9 Å². The molecule has 1 aromatic carbocycles. The highest BCUT2D eigenvalue weighted by molar-refractivity contribution is 6.35. The third-order valence-electron chi connectivity index (χ3n) is 3.60. The second kappa shape index (κ2) is 4.94. The van der Waals surface area contributed by atoms with Crippen LogP contribution in [-0.2, 0) is 9.53 Å². The van der Waals surface area contributed by atoms with Gasteiger partial charge in [-0.1, -0.05) is 23.7 Å². The van der Waals surface area contributed by atoms with Gasteiger partial charge in [-0.3, -0.25) is 4.79 Å². The number of nitrogens with zero attached hydrogens (tertiary/aromatic N) is 2. The molecule has 4 nitrogen and oxygen atoms in total. The first-order chi connectivity index (χ1) is 9.16. The maximum Gasteiger partial charge on any atom is 0.253 e. The molecule has 3 rings (SSSR count). The predicted molar refractivity (Wildman–Crippen MR) is 74.7 cm³/mol. The van der Waals surface area contributed by atoms with Crippen LogP contribution in [0.2, 0.25) is 5.02 Å². The van der Waals surface area contributed by atoms with Gasteiger partial charge in [-0.25, -0.2) is 0 Å². The number of ether oxygens (including phenoxy) is 1. The van der Waals surface area contributed by atoms with Crippen molar-refractivity contribution >= 4 is 28.9 Å². The van der Waals surface area contributed by atoms with E-state index >= 15 is 0 Å². The first-order valence-corrected chi connectivity index (χ1v) is 6.78. The van der Waals surface area contributed by atoms with E-state index in [4.69, 9.17) is 16.3 Å². The molecule has 1 amide bonds. The van der Waals surface area contributed by atoms with E-state index in [0.29, 0.717) is 23.7 Å². The van der Waals surface area contributed by atoms with E-state index < -0.39 is 0 Å². The van der Waals surface area contributed by atoms with Crippen molar-refractivity contribution in [1.82, 2.24) is 0 Å². The molecule has 0 saturated carbocycles. The van der Waals surface area contributed by atoms with Crippen LogP contribution >= 0.6 is 11.6 Å². The van der Waals surface area contributed by atoms with E-state index in [1.54, 1.807) is 0 Å². The number of carbonyl (C=O) groups excluding carboxylic acids is 1. The van der Waals surface area contributed by atoms with Crippen LogP contribution in [0.4, 0.5) is 5.69 Å². The van der Waals surface area contributed by atoms with Crippen molar-refractivity contribution in [3.63, 3.8) is 0 Å². The molecule has 0 aromatic heterocycles. The van der Waals surface area contributed by atoms with Crippen LogP contribution in [0, 0.1) is 12.8 Å². The zero-order valence-corrected chi connectivity index (χ0v) is 11.5. The Labute approximate surface area is 117 Å². The monoisotopic (exact) mass is 278 g/mol. The Kier molecular flexibility index (Phi) is 3.29. The molecule has 2 aliphatic rings. The summed E-state index contributed by atoms with van der Waals surface area (Å²) in [6.07, 6.45) is 1.32. The molecule has 1 atom stereocenters. The van der Waals surface area contributed by atoms with Crippen molar-refractivity contribution in [2.75, 3.05) is 18.2 Å². The summed E-state index contributed by atoms with van der Waals surface area (Å²) in [7, 11) is 0. The Hall–Kier alpha value is -1.39. The van der Waals surface area contributed by atoms with Crippen LogP contribution in [0.15, 0.2) is 23.3 Å². The SMILES string of the molecule is Cc1cccc(N2N=C(C3CCOC3)CC2=O)c1Cl. The van der Waals surface area contributed by atoms with E-state index in [0.717, 1.165) is 24.3 Å². The highest BCUT2D eigenvalue weighted by Gasteiger charge is 2.32. The number of benzene rings is 1. The Bertz CT molecular complexity index is 550.